The van der Waals surface area contributed by atoms with Crippen molar-refractivity contribution >= 4 is 16.7 Å². The lowest BCUT2D eigenvalue weighted by Crippen LogP contribution is -2.63. The Labute approximate surface area is 251 Å². The number of aliphatic hydroxyl groups is 2. The fourth-order valence-electron chi connectivity index (χ4n) is 8.16. The molecule has 2 unspecified atom stereocenters. The number of fused-ring (bicyclic) bond motifs is 2. The molecule has 0 saturated carbocycles. The first-order valence-corrected chi connectivity index (χ1v) is 15.2. The molecule has 43 heavy (non-hydrogen) atoms. The molecule has 4 aromatic rings. The smallest absolute Gasteiger partial charge is 0.240 e. The number of hydrogen-bond donors (Lipinski definition) is 2. The Morgan fingerprint density at radius 3 is 2.19 bits per heavy atom. The number of piperazine rings is 1. The molecule has 4 atom stereocenters. The molecule has 1 amide bonds. The standard InChI is InChI=1S/C38H34N2O3/c41-35-18-30-22-38(21-25-15-16-26-9-7-8-14-29(26)17-25)31(20-36(35)42)19-33-37(43)39(24-34(30)40(33)38)23-32(27-10-3-1-4-11-27)28-12-5-2-6-13-28/h1-18,20,22,31-34,41-42H,19,21,23-24H2/b35-18+,36-20+/t31?,33-,34-,38?/m0/s1. The maximum absolute atomic E-state index is 14.4. The van der Waals surface area contributed by atoms with E-state index in [1.807, 2.05) is 12.1 Å². The molecule has 2 N–H and O–H groups in total. The molecular weight excluding hydrogens is 532 g/mol. The lowest BCUT2D eigenvalue weighted by Gasteiger charge is -2.47. The first-order valence-electron chi connectivity index (χ1n) is 15.2. The lowest BCUT2D eigenvalue weighted by molar-refractivity contribution is -0.144. The summed E-state index contributed by atoms with van der Waals surface area (Å²) in [6.45, 7) is 1.12. The Kier molecular flexibility index (Phi) is 6.05. The summed E-state index contributed by atoms with van der Waals surface area (Å²) in [5.74, 6) is -0.131. The number of carbonyl (C=O) groups is 1. The minimum absolute atomic E-state index is 0.0482. The van der Waals surface area contributed by atoms with E-state index < -0.39 is 5.54 Å². The number of carbonyl (C=O) groups excluding carboxylic acids is 1. The van der Waals surface area contributed by atoms with Crippen molar-refractivity contribution in [2.45, 2.75) is 36.4 Å². The van der Waals surface area contributed by atoms with E-state index in [4.69, 9.17) is 0 Å². The topological polar surface area (TPSA) is 64.0 Å². The van der Waals surface area contributed by atoms with Gasteiger partial charge < -0.3 is 15.1 Å². The number of hydrogen-bond acceptors (Lipinski definition) is 4. The summed E-state index contributed by atoms with van der Waals surface area (Å²) in [5, 5.41) is 24.0. The number of benzene rings is 4. The summed E-state index contributed by atoms with van der Waals surface area (Å²) in [6.07, 6.45) is 7.11. The molecule has 3 aliphatic heterocycles. The van der Waals surface area contributed by atoms with Gasteiger partial charge in [0.05, 0.1) is 17.6 Å². The Morgan fingerprint density at radius 1 is 0.791 bits per heavy atom. The monoisotopic (exact) mass is 566 g/mol. The molecule has 3 heterocycles. The van der Waals surface area contributed by atoms with Crippen LogP contribution in [0.25, 0.3) is 10.8 Å². The van der Waals surface area contributed by atoms with Crippen molar-refractivity contribution in [3.8, 4) is 0 Å². The minimum atomic E-state index is -0.460. The molecule has 2 bridgehead atoms. The Bertz CT molecular complexity index is 1770. The fourth-order valence-corrected chi connectivity index (χ4v) is 8.16. The van der Waals surface area contributed by atoms with Crippen LogP contribution < -0.4 is 0 Å². The van der Waals surface area contributed by atoms with Crippen LogP contribution in [0, 0.1) is 5.92 Å². The summed E-state index contributed by atoms with van der Waals surface area (Å²) in [7, 11) is 0. The van der Waals surface area contributed by atoms with Crippen LogP contribution >= 0.6 is 0 Å². The summed E-state index contributed by atoms with van der Waals surface area (Å²) in [6, 6.07) is 35.5. The predicted molar refractivity (Wildman–Crippen MR) is 169 cm³/mol. The maximum atomic E-state index is 14.4. The first kappa shape index (κ1) is 26.1. The fraction of sp³-hybridized carbons (Fsp3) is 0.237. The molecule has 5 nitrogen and oxygen atoms in total. The summed E-state index contributed by atoms with van der Waals surface area (Å²) in [5.41, 5.74) is 4.09. The van der Waals surface area contributed by atoms with Gasteiger partial charge in [-0.2, -0.15) is 0 Å². The summed E-state index contributed by atoms with van der Waals surface area (Å²) >= 11 is 0. The van der Waals surface area contributed by atoms with Crippen LogP contribution in [0.5, 0.6) is 0 Å². The molecule has 4 aliphatic rings. The number of amides is 1. The molecule has 1 aliphatic carbocycles. The van der Waals surface area contributed by atoms with Crippen molar-refractivity contribution in [2.24, 2.45) is 5.92 Å². The third-order valence-electron chi connectivity index (χ3n) is 10.1. The quantitative estimate of drug-likeness (QED) is 0.273. The Balaban J connectivity index is 1.18. The highest BCUT2D eigenvalue weighted by molar-refractivity contribution is 5.85. The highest BCUT2D eigenvalue weighted by Gasteiger charge is 2.62. The van der Waals surface area contributed by atoms with E-state index in [0.717, 1.165) is 12.0 Å². The average molecular weight is 567 g/mol. The molecule has 214 valence electrons. The summed E-state index contributed by atoms with van der Waals surface area (Å²) in [4.78, 5) is 18.9. The predicted octanol–water partition coefficient (Wildman–Crippen LogP) is 6.69. The Morgan fingerprint density at radius 2 is 1.47 bits per heavy atom. The highest BCUT2D eigenvalue weighted by Crippen LogP contribution is 2.54. The molecule has 0 aromatic heterocycles. The maximum Gasteiger partial charge on any atom is 0.240 e. The third-order valence-corrected chi connectivity index (χ3v) is 10.1. The molecule has 0 radical (unpaired) electrons. The van der Waals surface area contributed by atoms with Crippen LogP contribution in [0.2, 0.25) is 0 Å². The second-order valence-corrected chi connectivity index (χ2v) is 12.5. The largest absolute Gasteiger partial charge is 0.504 e. The van der Waals surface area contributed by atoms with Crippen molar-refractivity contribution in [1.29, 1.82) is 0 Å². The molecule has 0 spiro atoms. The van der Waals surface area contributed by atoms with Gasteiger partial charge in [0.15, 0.2) is 11.5 Å². The zero-order valence-electron chi connectivity index (χ0n) is 23.9. The zero-order chi connectivity index (χ0) is 29.1. The van der Waals surface area contributed by atoms with E-state index in [1.165, 1.54) is 27.5 Å². The second kappa shape index (κ2) is 9.99. The van der Waals surface area contributed by atoms with Crippen LogP contribution in [0.15, 0.2) is 138 Å². The van der Waals surface area contributed by atoms with Crippen LogP contribution in [0.1, 0.15) is 29.0 Å². The van der Waals surface area contributed by atoms with E-state index in [0.29, 0.717) is 19.5 Å². The van der Waals surface area contributed by atoms with Gasteiger partial charge in [0.2, 0.25) is 5.91 Å². The minimum Gasteiger partial charge on any atom is -0.504 e. The van der Waals surface area contributed by atoms with Gasteiger partial charge in [0.1, 0.15) is 0 Å². The average Bonchev–Trinajstić information content (AvgIpc) is 3.50. The van der Waals surface area contributed by atoms with Crippen molar-refractivity contribution in [3.05, 3.63) is 155 Å². The van der Waals surface area contributed by atoms with E-state index in [9.17, 15) is 15.0 Å². The molecule has 2 fully saturated rings. The van der Waals surface area contributed by atoms with E-state index in [-0.39, 0.29) is 41.3 Å². The van der Waals surface area contributed by atoms with Crippen molar-refractivity contribution in [3.63, 3.8) is 0 Å². The molecule has 2 saturated heterocycles. The van der Waals surface area contributed by atoms with Crippen molar-refractivity contribution in [1.82, 2.24) is 9.80 Å². The van der Waals surface area contributed by atoms with Crippen LogP contribution in [-0.4, -0.2) is 56.6 Å². The number of rotatable bonds is 6. The molecular formula is C38H34N2O3. The number of aliphatic hydroxyl groups excluding tert-OH is 2. The van der Waals surface area contributed by atoms with E-state index in [2.05, 4.69) is 107 Å². The third kappa shape index (κ3) is 4.22. The van der Waals surface area contributed by atoms with Gasteiger partial charge in [-0.05, 0) is 58.0 Å². The van der Waals surface area contributed by atoms with Gasteiger partial charge in [-0.1, -0.05) is 109 Å². The van der Waals surface area contributed by atoms with Crippen LogP contribution in [0.3, 0.4) is 0 Å². The van der Waals surface area contributed by atoms with Gasteiger partial charge in [0.25, 0.3) is 0 Å². The molecule has 4 aromatic carbocycles. The lowest BCUT2D eigenvalue weighted by atomic mass is 9.78. The van der Waals surface area contributed by atoms with E-state index >= 15 is 0 Å². The zero-order valence-corrected chi connectivity index (χ0v) is 23.9. The van der Waals surface area contributed by atoms with Crippen molar-refractivity contribution in [2.75, 3.05) is 13.1 Å². The first-order chi connectivity index (χ1) is 21.0. The van der Waals surface area contributed by atoms with Crippen LogP contribution in [0.4, 0.5) is 0 Å². The number of nitrogens with zero attached hydrogens (tertiary/aromatic N) is 2. The normalized spacial score (nSPS) is 28.7. The molecule has 8 rings (SSSR count). The van der Waals surface area contributed by atoms with Gasteiger partial charge in [-0.15, -0.1) is 0 Å². The second-order valence-electron chi connectivity index (χ2n) is 12.5. The van der Waals surface area contributed by atoms with Gasteiger partial charge in [-0.25, -0.2) is 0 Å². The van der Waals surface area contributed by atoms with Gasteiger partial charge in [-0.3, -0.25) is 9.69 Å². The van der Waals surface area contributed by atoms with Gasteiger partial charge in [0, 0.05) is 24.9 Å². The van der Waals surface area contributed by atoms with Crippen molar-refractivity contribution < 1.29 is 15.0 Å². The van der Waals surface area contributed by atoms with Crippen LogP contribution in [-0.2, 0) is 11.2 Å². The summed E-state index contributed by atoms with van der Waals surface area (Å²) < 4.78 is 0. The van der Waals surface area contributed by atoms with Gasteiger partial charge >= 0.3 is 0 Å². The Hall–Kier alpha value is -4.61. The van der Waals surface area contributed by atoms with E-state index in [1.54, 1.807) is 12.2 Å². The SMILES string of the molecule is O=C1[C@@H]2CC3/C=C(O)\C(O)=C/C4=CC3(Cc3ccc5ccccc5c3)N2[C@H]4CN1CC(c1ccccc1)c1ccccc1. The highest BCUT2D eigenvalue weighted by atomic mass is 16.3. The molecule has 5 heteroatoms.